The summed E-state index contributed by atoms with van der Waals surface area (Å²) in [5.74, 6) is 0. The van der Waals surface area contributed by atoms with Crippen LogP contribution in [0.3, 0.4) is 0 Å². The zero-order valence-electron chi connectivity index (χ0n) is 12.1. The van der Waals surface area contributed by atoms with Gasteiger partial charge in [-0.3, -0.25) is 0 Å². The van der Waals surface area contributed by atoms with E-state index in [1.807, 2.05) is 0 Å². The third-order valence-corrected chi connectivity index (χ3v) is 3.27. The number of alkyl halides is 3. The molecular formula is C13H20F3NO3S. The van der Waals surface area contributed by atoms with Gasteiger partial charge in [-0.15, -0.1) is 0 Å². The third kappa shape index (κ3) is 8.67. The molecule has 0 amide bonds. The van der Waals surface area contributed by atoms with Crippen LogP contribution in [0.25, 0.3) is 0 Å². The fraction of sp³-hybridized carbons (Fsp3) is 0.615. The molecule has 0 fully saturated rings. The lowest BCUT2D eigenvalue weighted by molar-refractivity contribution is -0.703. The van der Waals surface area contributed by atoms with Gasteiger partial charge in [0.2, 0.25) is 0 Å². The average Bonchev–Trinajstić information content (AvgIpc) is 2.35. The number of aromatic nitrogens is 1. The van der Waals surface area contributed by atoms with Gasteiger partial charge in [0.15, 0.2) is 22.0 Å². The van der Waals surface area contributed by atoms with Crippen LogP contribution in [0.4, 0.5) is 13.2 Å². The molecule has 1 heterocycles. The Morgan fingerprint density at radius 2 is 1.76 bits per heavy atom. The monoisotopic (exact) mass is 327 g/mol. The van der Waals surface area contributed by atoms with Crippen LogP contribution in [-0.2, 0) is 16.7 Å². The largest absolute Gasteiger partial charge is 0.741 e. The van der Waals surface area contributed by atoms with Gasteiger partial charge in [-0.1, -0.05) is 25.8 Å². The highest BCUT2D eigenvalue weighted by Crippen LogP contribution is 2.20. The summed E-state index contributed by atoms with van der Waals surface area (Å²) >= 11 is 0. The summed E-state index contributed by atoms with van der Waals surface area (Å²) in [4.78, 5) is 0. The van der Waals surface area contributed by atoms with Crippen LogP contribution in [0.2, 0.25) is 0 Å². The van der Waals surface area contributed by atoms with Crippen LogP contribution in [-0.4, -0.2) is 18.5 Å². The SMILES string of the molecule is CCCCCC[n+]1ccccc1C.O=S(=O)([O-])C(F)(F)F. The normalized spacial score (nSPS) is 11.7. The van der Waals surface area contributed by atoms with Gasteiger partial charge in [0.25, 0.3) is 0 Å². The molecule has 0 aliphatic heterocycles. The molecule has 0 atom stereocenters. The second-order valence-corrected chi connectivity index (χ2v) is 5.87. The number of pyridine rings is 1. The summed E-state index contributed by atoms with van der Waals surface area (Å²) < 4.78 is 61.2. The van der Waals surface area contributed by atoms with Crippen LogP contribution in [0, 0.1) is 6.92 Å². The number of aryl methyl sites for hydroxylation is 2. The van der Waals surface area contributed by atoms with Crippen molar-refractivity contribution in [3.8, 4) is 0 Å². The number of unbranched alkanes of at least 4 members (excludes halogenated alkanes) is 3. The van der Waals surface area contributed by atoms with Crippen LogP contribution >= 0.6 is 0 Å². The lowest BCUT2D eigenvalue weighted by atomic mass is 10.2. The van der Waals surface area contributed by atoms with Gasteiger partial charge in [-0.05, 0) is 6.42 Å². The van der Waals surface area contributed by atoms with Gasteiger partial charge >= 0.3 is 5.51 Å². The molecule has 0 spiro atoms. The van der Waals surface area contributed by atoms with Gasteiger partial charge in [0.1, 0.15) is 6.54 Å². The first-order valence-electron chi connectivity index (χ1n) is 6.56. The van der Waals surface area contributed by atoms with Crippen molar-refractivity contribution in [3.05, 3.63) is 30.1 Å². The van der Waals surface area contributed by atoms with E-state index in [0.29, 0.717) is 0 Å². The van der Waals surface area contributed by atoms with E-state index in [4.69, 9.17) is 13.0 Å². The molecule has 0 aromatic carbocycles. The van der Waals surface area contributed by atoms with Crippen LogP contribution < -0.4 is 4.57 Å². The maximum atomic E-state index is 10.7. The van der Waals surface area contributed by atoms with E-state index in [1.165, 1.54) is 37.9 Å². The number of nitrogens with zero attached hydrogens (tertiary/aromatic N) is 1. The van der Waals surface area contributed by atoms with Crippen molar-refractivity contribution in [2.24, 2.45) is 0 Å². The molecule has 0 bridgehead atoms. The molecule has 0 radical (unpaired) electrons. The van der Waals surface area contributed by atoms with Gasteiger partial charge in [0.05, 0.1) is 0 Å². The van der Waals surface area contributed by atoms with E-state index in [1.54, 1.807) is 0 Å². The summed E-state index contributed by atoms with van der Waals surface area (Å²) in [5, 5.41) is 0. The highest BCUT2D eigenvalue weighted by Gasteiger charge is 2.36. The standard InChI is InChI=1S/C12H20N.CHF3O3S/c1-3-4-5-7-10-13-11-8-6-9-12(13)2;2-1(3,4)8(5,6)7/h6,8-9,11H,3-5,7,10H2,1-2H3;(H,5,6,7)/q+1;/p-1. The summed E-state index contributed by atoms with van der Waals surface area (Å²) in [6, 6.07) is 6.37. The fourth-order valence-electron chi connectivity index (χ4n) is 1.52. The second kappa shape index (κ2) is 8.99. The lowest BCUT2D eigenvalue weighted by Crippen LogP contribution is -2.36. The van der Waals surface area contributed by atoms with Crippen molar-refractivity contribution < 1.29 is 30.7 Å². The Balaban J connectivity index is 0.000000433. The molecule has 0 aliphatic carbocycles. The highest BCUT2D eigenvalue weighted by atomic mass is 32.2. The highest BCUT2D eigenvalue weighted by molar-refractivity contribution is 7.86. The second-order valence-electron chi connectivity index (χ2n) is 4.50. The lowest BCUT2D eigenvalue weighted by Gasteiger charge is -2.08. The zero-order valence-corrected chi connectivity index (χ0v) is 12.9. The summed E-state index contributed by atoms with van der Waals surface area (Å²) in [6.07, 6.45) is 7.52. The topological polar surface area (TPSA) is 61.1 Å². The quantitative estimate of drug-likeness (QED) is 0.361. The maximum absolute atomic E-state index is 10.7. The van der Waals surface area contributed by atoms with Crippen molar-refractivity contribution in [1.82, 2.24) is 0 Å². The van der Waals surface area contributed by atoms with E-state index in [-0.39, 0.29) is 0 Å². The maximum Gasteiger partial charge on any atom is 0.485 e. The first kappa shape index (κ1) is 19.9. The Morgan fingerprint density at radius 3 is 2.19 bits per heavy atom. The van der Waals surface area contributed by atoms with E-state index < -0.39 is 15.6 Å². The number of halogens is 3. The molecular weight excluding hydrogens is 307 g/mol. The molecule has 1 aromatic heterocycles. The smallest absolute Gasteiger partial charge is 0.485 e. The Morgan fingerprint density at radius 1 is 1.19 bits per heavy atom. The fourth-order valence-corrected chi connectivity index (χ4v) is 1.52. The molecule has 0 unspecified atom stereocenters. The molecule has 1 aromatic rings. The minimum Gasteiger partial charge on any atom is -0.741 e. The number of hydrogen-bond donors (Lipinski definition) is 0. The molecule has 0 aliphatic rings. The Bertz CT molecular complexity index is 516. The number of hydrogen-bond acceptors (Lipinski definition) is 3. The predicted octanol–water partition coefficient (Wildman–Crippen LogP) is 2.91. The first-order chi connectivity index (χ1) is 9.59. The van der Waals surface area contributed by atoms with Crippen molar-refractivity contribution in [2.45, 2.75) is 51.6 Å². The van der Waals surface area contributed by atoms with Crippen molar-refractivity contribution in [3.63, 3.8) is 0 Å². The molecule has 0 N–H and O–H groups in total. The van der Waals surface area contributed by atoms with Gasteiger partial charge in [0, 0.05) is 25.5 Å². The first-order valence-corrected chi connectivity index (χ1v) is 7.97. The predicted molar refractivity (Wildman–Crippen MR) is 71.3 cm³/mol. The Labute approximate surface area is 123 Å². The van der Waals surface area contributed by atoms with Gasteiger partial charge < -0.3 is 4.55 Å². The molecule has 122 valence electrons. The Hall–Kier alpha value is -1.15. The molecule has 8 heteroatoms. The van der Waals surface area contributed by atoms with Crippen LogP contribution in [0.1, 0.15) is 38.3 Å². The summed E-state index contributed by atoms with van der Waals surface area (Å²) in [5.41, 5.74) is -4.29. The Kier molecular flexibility index (Phi) is 8.50. The minimum atomic E-state index is -6.09. The van der Waals surface area contributed by atoms with E-state index >= 15 is 0 Å². The van der Waals surface area contributed by atoms with E-state index in [0.717, 1.165) is 0 Å². The molecule has 0 saturated heterocycles. The van der Waals surface area contributed by atoms with Crippen molar-refractivity contribution in [2.75, 3.05) is 0 Å². The van der Waals surface area contributed by atoms with E-state index in [2.05, 4.69) is 42.8 Å². The van der Waals surface area contributed by atoms with Crippen LogP contribution in [0.5, 0.6) is 0 Å². The molecule has 4 nitrogen and oxygen atoms in total. The zero-order chi connectivity index (χ0) is 16.5. The third-order valence-electron chi connectivity index (χ3n) is 2.70. The average molecular weight is 327 g/mol. The summed E-state index contributed by atoms with van der Waals surface area (Å²) in [7, 11) is -6.09. The number of rotatable bonds is 5. The molecule has 21 heavy (non-hydrogen) atoms. The van der Waals surface area contributed by atoms with Gasteiger partial charge in [-0.25, -0.2) is 13.0 Å². The van der Waals surface area contributed by atoms with Crippen molar-refractivity contribution >= 4 is 10.1 Å². The van der Waals surface area contributed by atoms with Crippen LogP contribution in [0.15, 0.2) is 24.4 Å². The summed E-state index contributed by atoms with van der Waals surface area (Å²) in [6.45, 7) is 5.59. The molecule has 1 rings (SSSR count). The van der Waals surface area contributed by atoms with E-state index in [9.17, 15) is 13.2 Å². The molecule has 0 saturated carbocycles. The minimum absolute atomic E-state index is 1.17. The van der Waals surface area contributed by atoms with Crippen molar-refractivity contribution in [1.29, 1.82) is 0 Å². The van der Waals surface area contributed by atoms with Gasteiger partial charge in [-0.2, -0.15) is 13.2 Å².